The average Bonchev–Trinajstić information content (AvgIpc) is 2.50. The van der Waals surface area contributed by atoms with Gasteiger partial charge in [-0.25, -0.2) is 4.98 Å². The zero-order chi connectivity index (χ0) is 11.7. The Kier molecular flexibility index (Phi) is 3.56. The smallest absolute Gasteiger partial charge is 0.116 e. The lowest BCUT2D eigenvalue weighted by Crippen LogP contribution is -1.93. The summed E-state index contributed by atoms with van der Waals surface area (Å²) in [5.41, 5.74) is 0.995. The zero-order valence-corrected chi connectivity index (χ0v) is 11.9. The molecule has 0 aliphatic heterocycles. The van der Waals surface area contributed by atoms with Crippen molar-refractivity contribution in [3.8, 4) is 0 Å². The topological polar surface area (TPSA) is 30.7 Å². The molecule has 6 heteroatoms. The van der Waals surface area contributed by atoms with Gasteiger partial charge in [-0.15, -0.1) is 0 Å². The van der Waals surface area contributed by atoms with Crippen LogP contribution in [0.2, 0.25) is 5.02 Å². The molecule has 16 heavy (non-hydrogen) atoms. The monoisotopic (exact) mass is 317 g/mol. The van der Waals surface area contributed by atoms with Crippen molar-refractivity contribution in [3.63, 3.8) is 0 Å². The van der Waals surface area contributed by atoms with E-state index in [0.29, 0.717) is 5.02 Å². The van der Waals surface area contributed by atoms with Crippen molar-refractivity contribution in [3.05, 3.63) is 33.5 Å². The quantitative estimate of drug-likeness (QED) is 0.846. The summed E-state index contributed by atoms with van der Waals surface area (Å²) >= 11 is 10.8. The van der Waals surface area contributed by atoms with E-state index in [0.717, 1.165) is 20.2 Å². The first-order valence-corrected chi connectivity index (χ1v) is 6.54. The van der Waals surface area contributed by atoms with Gasteiger partial charge in [-0.3, -0.25) is 4.68 Å². The van der Waals surface area contributed by atoms with E-state index in [-0.39, 0.29) is 0 Å². The Morgan fingerprint density at radius 3 is 2.75 bits per heavy atom. The van der Waals surface area contributed by atoms with E-state index >= 15 is 0 Å². The summed E-state index contributed by atoms with van der Waals surface area (Å²) in [6.45, 7) is 1.97. The molecular weight excluding hydrogens is 310 g/mol. The van der Waals surface area contributed by atoms with Gasteiger partial charge in [0.05, 0.1) is 15.2 Å². The lowest BCUT2D eigenvalue weighted by atomic mass is 10.5. The van der Waals surface area contributed by atoms with Crippen molar-refractivity contribution >= 4 is 39.3 Å². The minimum absolute atomic E-state index is 0.623. The van der Waals surface area contributed by atoms with Crippen LogP contribution in [-0.2, 0) is 7.05 Å². The van der Waals surface area contributed by atoms with Crippen molar-refractivity contribution in [2.24, 2.45) is 7.05 Å². The van der Waals surface area contributed by atoms with Crippen molar-refractivity contribution in [1.29, 1.82) is 0 Å². The van der Waals surface area contributed by atoms with Gasteiger partial charge in [0.15, 0.2) is 0 Å². The van der Waals surface area contributed by atoms with Gasteiger partial charge in [-0.1, -0.05) is 11.6 Å². The maximum atomic E-state index is 5.84. The van der Waals surface area contributed by atoms with E-state index in [1.54, 1.807) is 18.0 Å². The Balaban J connectivity index is 2.30. The molecule has 0 radical (unpaired) electrons. The molecule has 3 nitrogen and oxygen atoms in total. The summed E-state index contributed by atoms with van der Waals surface area (Å²) in [6.07, 6.45) is 1.64. The minimum atomic E-state index is 0.623. The fourth-order valence-corrected chi connectivity index (χ4v) is 3.00. The van der Waals surface area contributed by atoms with Gasteiger partial charge in [0.1, 0.15) is 10.1 Å². The average molecular weight is 319 g/mol. The molecule has 2 aromatic rings. The molecule has 0 aromatic carbocycles. The van der Waals surface area contributed by atoms with Crippen LogP contribution in [0.15, 0.2) is 32.9 Å². The molecule has 0 saturated heterocycles. The lowest BCUT2D eigenvalue weighted by Gasteiger charge is -2.03. The highest BCUT2D eigenvalue weighted by atomic mass is 79.9. The second-order valence-corrected chi connectivity index (χ2v) is 5.59. The summed E-state index contributed by atoms with van der Waals surface area (Å²) in [6, 6.07) is 3.85. The van der Waals surface area contributed by atoms with Crippen LogP contribution < -0.4 is 0 Å². The van der Waals surface area contributed by atoms with Crippen LogP contribution in [0.1, 0.15) is 5.69 Å². The Morgan fingerprint density at radius 1 is 1.44 bits per heavy atom. The summed E-state index contributed by atoms with van der Waals surface area (Å²) in [5.74, 6) is 0. The molecule has 2 heterocycles. The van der Waals surface area contributed by atoms with Crippen molar-refractivity contribution in [1.82, 2.24) is 14.8 Å². The first-order chi connectivity index (χ1) is 7.56. The van der Waals surface area contributed by atoms with Crippen LogP contribution in [0, 0.1) is 6.92 Å². The summed E-state index contributed by atoms with van der Waals surface area (Å²) < 4.78 is 2.73. The molecule has 0 aliphatic carbocycles. The summed E-state index contributed by atoms with van der Waals surface area (Å²) in [7, 11) is 1.92. The van der Waals surface area contributed by atoms with Crippen LogP contribution in [-0.4, -0.2) is 14.8 Å². The fourth-order valence-electron chi connectivity index (χ4n) is 1.26. The number of hydrogen-bond donors (Lipinski definition) is 0. The van der Waals surface area contributed by atoms with Gasteiger partial charge in [-0.2, -0.15) is 5.10 Å². The first kappa shape index (κ1) is 12.0. The maximum absolute atomic E-state index is 5.84. The second-order valence-electron chi connectivity index (χ2n) is 3.29. The summed E-state index contributed by atoms with van der Waals surface area (Å²) in [5, 5.41) is 6.83. The van der Waals surface area contributed by atoms with E-state index in [4.69, 9.17) is 11.6 Å². The number of aromatic nitrogens is 3. The Morgan fingerprint density at radius 2 is 2.19 bits per heavy atom. The molecule has 0 unspecified atom stereocenters. The molecule has 0 spiro atoms. The van der Waals surface area contributed by atoms with Gasteiger partial charge >= 0.3 is 0 Å². The van der Waals surface area contributed by atoms with E-state index in [1.807, 2.05) is 30.8 Å². The second kappa shape index (κ2) is 4.77. The van der Waals surface area contributed by atoms with Gasteiger partial charge in [0, 0.05) is 13.2 Å². The zero-order valence-electron chi connectivity index (χ0n) is 8.74. The predicted octanol–water partition coefficient (Wildman–Crippen LogP) is 3.69. The standard InChI is InChI=1S/C10H9BrClN3S/c1-6-3-9(15(2)14-6)16-10-8(11)4-7(12)5-13-10/h3-5H,1-2H3. The van der Waals surface area contributed by atoms with Crippen LogP contribution in [0.5, 0.6) is 0 Å². The number of nitrogens with zero attached hydrogens (tertiary/aromatic N) is 3. The van der Waals surface area contributed by atoms with Crippen LogP contribution >= 0.6 is 39.3 Å². The van der Waals surface area contributed by atoms with Crippen LogP contribution in [0.4, 0.5) is 0 Å². The number of hydrogen-bond acceptors (Lipinski definition) is 3. The van der Waals surface area contributed by atoms with Gasteiger partial charge in [0.2, 0.25) is 0 Å². The molecule has 2 aromatic heterocycles. The van der Waals surface area contributed by atoms with Crippen LogP contribution in [0.3, 0.4) is 0 Å². The SMILES string of the molecule is Cc1cc(Sc2ncc(Cl)cc2Br)n(C)n1. The Hall–Kier alpha value is -0.520. The fraction of sp³-hybridized carbons (Fsp3) is 0.200. The molecule has 0 fully saturated rings. The molecule has 0 saturated carbocycles. The number of rotatable bonds is 2. The Labute approximate surface area is 111 Å². The summed E-state index contributed by atoms with van der Waals surface area (Å²) in [4.78, 5) is 4.27. The lowest BCUT2D eigenvalue weighted by molar-refractivity contribution is 0.692. The molecule has 0 atom stereocenters. The van der Waals surface area contributed by atoms with E-state index < -0.39 is 0 Å². The van der Waals surface area contributed by atoms with Crippen LogP contribution in [0.25, 0.3) is 0 Å². The highest BCUT2D eigenvalue weighted by Crippen LogP contribution is 2.32. The number of aryl methyl sites for hydroxylation is 2. The third-order valence-corrected chi connectivity index (χ3v) is 4.12. The van der Waals surface area contributed by atoms with E-state index in [9.17, 15) is 0 Å². The van der Waals surface area contributed by atoms with Crippen molar-refractivity contribution in [2.45, 2.75) is 17.0 Å². The molecule has 84 valence electrons. The molecular formula is C10H9BrClN3S. The van der Waals surface area contributed by atoms with Crippen molar-refractivity contribution < 1.29 is 0 Å². The maximum Gasteiger partial charge on any atom is 0.116 e. The molecule has 0 bridgehead atoms. The van der Waals surface area contributed by atoms with E-state index in [2.05, 4.69) is 26.0 Å². The number of pyridine rings is 1. The third kappa shape index (κ3) is 2.59. The van der Waals surface area contributed by atoms with Crippen molar-refractivity contribution in [2.75, 3.05) is 0 Å². The predicted molar refractivity (Wildman–Crippen MR) is 69.0 cm³/mol. The van der Waals surface area contributed by atoms with Gasteiger partial charge in [0.25, 0.3) is 0 Å². The first-order valence-electron chi connectivity index (χ1n) is 4.56. The molecule has 0 amide bonds. The normalized spacial score (nSPS) is 10.8. The highest BCUT2D eigenvalue weighted by Gasteiger charge is 2.08. The third-order valence-electron chi connectivity index (χ3n) is 1.93. The molecule has 0 N–H and O–H groups in total. The number of halogens is 2. The minimum Gasteiger partial charge on any atom is -0.261 e. The highest BCUT2D eigenvalue weighted by molar-refractivity contribution is 9.10. The molecule has 0 aliphatic rings. The largest absolute Gasteiger partial charge is 0.261 e. The molecule has 2 rings (SSSR count). The van der Waals surface area contributed by atoms with Gasteiger partial charge in [-0.05, 0) is 46.7 Å². The van der Waals surface area contributed by atoms with Gasteiger partial charge < -0.3 is 0 Å². The van der Waals surface area contributed by atoms with E-state index in [1.165, 1.54) is 0 Å². The Bertz CT molecular complexity index is 527.